The molecule has 6 nitrogen and oxygen atoms in total. The Morgan fingerprint density at radius 3 is 2.83 bits per heavy atom. The van der Waals surface area contributed by atoms with Crippen LogP contribution in [0.5, 0.6) is 0 Å². The van der Waals surface area contributed by atoms with Gasteiger partial charge in [0.2, 0.25) is 10.0 Å². The van der Waals surface area contributed by atoms with Gasteiger partial charge in [0.25, 0.3) is 0 Å². The van der Waals surface area contributed by atoms with E-state index < -0.39 is 10.0 Å². The van der Waals surface area contributed by atoms with Gasteiger partial charge in [0.15, 0.2) is 0 Å². The van der Waals surface area contributed by atoms with Gasteiger partial charge in [-0.15, -0.1) is 0 Å². The quantitative estimate of drug-likeness (QED) is 0.882. The van der Waals surface area contributed by atoms with Crippen molar-refractivity contribution in [3.63, 3.8) is 0 Å². The molecule has 0 spiro atoms. The molecule has 1 N–H and O–H groups in total. The summed E-state index contributed by atoms with van der Waals surface area (Å²) in [6.45, 7) is 3.42. The lowest BCUT2D eigenvalue weighted by molar-refractivity contribution is 0.212. The molecule has 0 saturated carbocycles. The lowest BCUT2D eigenvalue weighted by atomic mass is 9.95. The number of nitrogens with zero attached hydrogens (tertiary/aromatic N) is 3. The van der Waals surface area contributed by atoms with Gasteiger partial charge in [0, 0.05) is 31.2 Å². The zero-order chi connectivity index (χ0) is 16.4. The van der Waals surface area contributed by atoms with Gasteiger partial charge in [0.05, 0.1) is 11.3 Å². The first-order valence-corrected chi connectivity index (χ1v) is 9.79. The van der Waals surface area contributed by atoms with Crippen LogP contribution in [0.2, 0.25) is 0 Å². The molecule has 1 aromatic heterocycles. The van der Waals surface area contributed by atoms with E-state index in [1.54, 1.807) is 6.92 Å². The van der Waals surface area contributed by atoms with Gasteiger partial charge < -0.3 is 5.32 Å². The molecule has 7 heteroatoms. The Morgan fingerprint density at radius 1 is 1.39 bits per heavy atom. The van der Waals surface area contributed by atoms with Crippen LogP contribution in [0.1, 0.15) is 36.6 Å². The Balaban J connectivity index is 1.62. The van der Waals surface area contributed by atoms with Crippen LogP contribution >= 0.6 is 0 Å². The maximum atomic E-state index is 11.7. The highest BCUT2D eigenvalue weighted by atomic mass is 32.2. The van der Waals surface area contributed by atoms with Crippen molar-refractivity contribution in [2.75, 3.05) is 30.7 Å². The summed E-state index contributed by atoms with van der Waals surface area (Å²) < 4.78 is 24.9. The van der Waals surface area contributed by atoms with Gasteiger partial charge in [0.1, 0.15) is 11.9 Å². The van der Waals surface area contributed by atoms with Gasteiger partial charge in [-0.05, 0) is 44.2 Å². The summed E-state index contributed by atoms with van der Waals surface area (Å²) in [7, 11) is -3.06. The van der Waals surface area contributed by atoms with Crippen LogP contribution in [-0.2, 0) is 22.9 Å². The van der Waals surface area contributed by atoms with Crippen molar-refractivity contribution in [1.29, 1.82) is 5.26 Å². The topological polar surface area (TPSA) is 86.1 Å². The zero-order valence-electron chi connectivity index (χ0n) is 13.4. The first-order valence-electron chi connectivity index (χ1n) is 8.18. The summed E-state index contributed by atoms with van der Waals surface area (Å²) in [5, 5.41) is 12.6. The van der Waals surface area contributed by atoms with Crippen molar-refractivity contribution in [2.24, 2.45) is 5.92 Å². The molecule has 0 amide bonds. The van der Waals surface area contributed by atoms with Crippen LogP contribution in [0, 0.1) is 17.2 Å². The number of aromatic nitrogens is 1. The fourth-order valence-electron chi connectivity index (χ4n) is 3.16. The second-order valence-electron chi connectivity index (χ2n) is 6.27. The molecule has 0 radical (unpaired) electrons. The number of aryl methyl sites for hydroxylation is 2. The van der Waals surface area contributed by atoms with E-state index in [-0.39, 0.29) is 11.7 Å². The number of pyridine rings is 1. The molecule has 1 aliphatic carbocycles. The maximum Gasteiger partial charge on any atom is 0.213 e. The Morgan fingerprint density at radius 2 is 2.13 bits per heavy atom. The molecule has 2 heterocycles. The number of nitriles is 1. The predicted molar refractivity (Wildman–Crippen MR) is 88.6 cm³/mol. The molecule has 1 fully saturated rings. The first kappa shape index (κ1) is 16.2. The van der Waals surface area contributed by atoms with Crippen molar-refractivity contribution in [2.45, 2.75) is 32.6 Å². The molecular weight excluding hydrogens is 312 g/mol. The number of hydrogen-bond donors (Lipinski definition) is 1. The summed E-state index contributed by atoms with van der Waals surface area (Å²) >= 11 is 0. The molecule has 0 aromatic carbocycles. The third-order valence-corrected chi connectivity index (χ3v) is 6.48. The van der Waals surface area contributed by atoms with Crippen molar-refractivity contribution in [3.05, 3.63) is 22.9 Å². The van der Waals surface area contributed by atoms with Gasteiger partial charge in [-0.2, -0.15) is 5.26 Å². The monoisotopic (exact) mass is 334 g/mol. The molecular formula is C16H22N4O2S. The van der Waals surface area contributed by atoms with Crippen LogP contribution in [-0.4, -0.2) is 43.1 Å². The summed E-state index contributed by atoms with van der Waals surface area (Å²) in [6, 6.07) is 4.17. The van der Waals surface area contributed by atoms with Gasteiger partial charge in [-0.25, -0.2) is 17.7 Å². The standard InChI is InChI=1S/C16H22N4O2S/c1-2-23(21,22)20-10-12(11-20)9-18-16-14(8-17)7-13-5-3-4-6-15(13)19-16/h7,12H,2-6,9-11H2,1H3,(H,18,19). The lowest BCUT2D eigenvalue weighted by Gasteiger charge is -2.38. The second kappa shape index (κ2) is 6.46. The molecule has 0 unspecified atom stereocenters. The number of anilines is 1. The Kier molecular flexibility index (Phi) is 4.55. The Bertz CT molecular complexity index is 733. The number of sulfonamides is 1. The molecule has 0 bridgehead atoms. The summed E-state index contributed by atoms with van der Waals surface area (Å²) in [5.74, 6) is 1.07. The minimum atomic E-state index is -3.06. The van der Waals surface area contributed by atoms with Crippen molar-refractivity contribution in [1.82, 2.24) is 9.29 Å². The van der Waals surface area contributed by atoms with E-state index in [1.165, 1.54) is 9.87 Å². The number of rotatable bonds is 5. The molecule has 2 aliphatic rings. The fraction of sp³-hybridized carbons (Fsp3) is 0.625. The van der Waals surface area contributed by atoms with Gasteiger partial charge >= 0.3 is 0 Å². The predicted octanol–water partition coefficient (Wildman–Crippen LogP) is 1.53. The fourth-order valence-corrected chi connectivity index (χ4v) is 4.40. The van der Waals surface area contributed by atoms with Crippen LogP contribution in [0.15, 0.2) is 6.07 Å². The molecule has 0 atom stereocenters. The van der Waals surface area contributed by atoms with Crippen LogP contribution in [0.25, 0.3) is 0 Å². The average molecular weight is 334 g/mol. The van der Waals surface area contributed by atoms with Crippen molar-refractivity contribution < 1.29 is 8.42 Å². The summed E-state index contributed by atoms with van der Waals surface area (Å²) in [5.41, 5.74) is 2.88. The number of fused-ring (bicyclic) bond motifs is 1. The minimum absolute atomic E-state index is 0.151. The van der Waals surface area contributed by atoms with Crippen molar-refractivity contribution >= 4 is 15.8 Å². The summed E-state index contributed by atoms with van der Waals surface area (Å²) in [4.78, 5) is 4.63. The smallest absolute Gasteiger partial charge is 0.213 e. The lowest BCUT2D eigenvalue weighted by Crippen LogP contribution is -2.52. The molecule has 23 heavy (non-hydrogen) atoms. The van der Waals surface area contributed by atoms with E-state index in [9.17, 15) is 13.7 Å². The molecule has 1 aliphatic heterocycles. The van der Waals surface area contributed by atoms with E-state index in [0.29, 0.717) is 31.0 Å². The van der Waals surface area contributed by atoms with E-state index in [4.69, 9.17) is 0 Å². The molecule has 124 valence electrons. The normalized spacial score (nSPS) is 18.8. The number of nitrogens with one attached hydrogen (secondary N) is 1. The Hall–Kier alpha value is -1.65. The maximum absolute atomic E-state index is 11.7. The minimum Gasteiger partial charge on any atom is -0.369 e. The third kappa shape index (κ3) is 3.33. The highest BCUT2D eigenvalue weighted by Gasteiger charge is 2.34. The molecule has 1 aromatic rings. The van der Waals surface area contributed by atoms with E-state index in [2.05, 4.69) is 16.4 Å². The largest absolute Gasteiger partial charge is 0.369 e. The van der Waals surface area contributed by atoms with Crippen LogP contribution in [0.4, 0.5) is 5.82 Å². The first-order chi connectivity index (χ1) is 11.0. The Labute approximate surface area is 137 Å². The molecule has 3 rings (SSSR count). The number of hydrogen-bond acceptors (Lipinski definition) is 5. The highest BCUT2D eigenvalue weighted by Crippen LogP contribution is 2.25. The van der Waals surface area contributed by atoms with Gasteiger partial charge in [-0.3, -0.25) is 0 Å². The average Bonchev–Trinajstić information content (AvgIpc) is 2.52. The zero-order valence-corrected chi connectivity index (χ0v) is 14.2. The summed E-state index contributed by atoms with van der Waals surface area (Å²) in [6.07, 6.45) is 4.29. The van der Waals surface area contributed by atoms with Gasteiger partial charge in [-0.1, -0.05) is 0 Å². The van der Waals surface area contributed by atoms with E-state index >= 15 is 0 Å². The van der Waals surface area contributed by atoms with Crippen LogP contribution in [0.3, 0.4) is 0 Å². The SMILES string of the molecule is CCS(=O)(=O)N1CC(CNc2nc3c(cc2C#N)CCCC3)C1. The third-order valence-electron chi connectivity index (χ3n) is 4.66. The van der Waals surface area contributed by atoms with E-state index in [0.717, 1.165) is 31.4 Å². The van der Waals surface area contributed by atoms with Crippen molar-refractivity contribution in [3.8, 4) is 6.07 Å². The van der Waals surface area contributed by atoms with E-state index in [1.807, 2.05) is 6.07 Å². The highest BCUT2D eigenvalue weighted by molar-refractivity contribution is 7.89. The van der Waals surface area contributed by atoms with Crippen LogP contribution < -0.4 is 5.32 Å². The second-order valence-corrected chi connectivity index (χ2v) is 8.53. The molecule has 1 saturated heterocycles.